The molecule has 0 radical (unpaired) electrons. The van der Waals surface area contributed by atoms with Gasteiger partial charge in [-0.1, -0.05) is 23.7 Å². The lowest BCUT2D eigenvalue weighted by atomic mass is 10.1. The SMILES string of the molecule is CCOC(=O)CCN(Cc1cc(Cl)ccc1OCC(=O)N1CC(C)N(Cc2ccc(F)cc2)CC1C)C(N)=O. The van der Waals surface area contributed by atoms with Crippen molar-refractivity contribution in [1.29, 1.82) is 0 Å². The molecule has 1 aliphatic heterocycles. The summed E-state index contributed by atoms with van der Waals surface area (Å²) in [6.45, 7) is 7.79. The van der Waals surface area contributed by atoms with Gasteiger partial charge in [0.25, 0.3) is 5.91 Å². The Labute approximate surface area is 233 Å². The lowest BCUT2D eigenvalue weighted by Gasteiger charge is -2.44. The second-order valence-electron chi connectivity index (χ2n) is 9.66. The largest absolute Gasteiger partial charge is 0.483 e. The molecule has 1 heterocycles. The Morgan fingerprint density at radius 2 is 1.82 bits per heavy atom. The van der Waals surface area contributed by atoms with Crippen molar-refractivity contribution < 1.29 is 28.2 Å². The molecule has 1 fully saturated rings. The Balaban J connectivity index is 1.61. The van der Waals surface area contributed by atoms with E-state index in [0.717, 1.165) is 5.56 Å². The lowest BCUT2D eigenvalue weighted by molar-refractivity contribution is -0.143. The van der Waals surface area contributed by atoms with Gasteiger partial charge in [-0.25, -0.2) is 9.18 Å². The first-order valence-electron chi connectivity index (χ1n) is 13.0. The molecule has 0 aliphatic carbocycles. The van der Waals surface area contributed by atoms with Crippen LogP contribution in [0, 0.1) is 5.82 Å². The number of amides is 3. The zero-order valence-corrected chi connectivity index (χ0v) is 23.3. The minimum atomic E-state index is -0.706. The summed E-state index contributed by atoms with van der Waals surface area (Å²) in [5.41, 5.74) is 7.10. The Hall–Kier alpha value is -3.37. The van der Waals surface area contributed by atoms with Crippen LogP contribution in [0.4, 0.5) is 9.18 Å². The van der Waals surface area contributed by atoms with E-state index in [-0.39, 0.29) is 56.5 Å². The highest BCUT2D eigenvalue weighted by Gasteiger charge is 2.32. The number of benzene rings is 2. The predicted octanol–water partition coefficient (Wildman–Crippen LogP) is 3.81. The molecule has 1 saturated heterocycles. The number of piperazine rings is 1. The van der Waals surface area contributed by atoms with Crippen LogP contribution < -0.4 is 10.5 Å². The number of ether oxygens (including phenoxy) is 2. The van der Waals surface area contributed by atoms with Crippen LogP contribution in [0.2, 0.25) is 5.02 Å². The van der Waals surface area contributed by atoms with Crippen LogP contribution in [0.1, 0.15) is 38.3 Å². The third kappa shape index (κ3) is 8.83. The van der Waals surface area contributed by atoms with Gasteiger partial charge in [-0.3, -0.25) is 14.5 Å². The fraction of sp³-hybridized carbons (Fsp3) is 0.464. The van der Waals surface area contributed by atoms with Crippen molar-refractivity contribution in [2.75, 3.05) is 32.8 Å². The second-order valence-corrected chi connectivity index (χ2v) is 10.1. The number of hydrogen-bond acceptors (Lipinski definition) is 6. The maximum absolute atomic E-state index is 13.3. The topological polar surface area (TPSA) is 105 Å². The van der Waals surface area contributed by atoms with Gasteiger partial charge in [0.15, 0.2) is 6.61 Å². The van der Waals surface area contributed by atoms with Crippen LogP contribution in [0.15, 0.2) is 42.5 Å². The van der Waals surface area contributed by atoms with E-state index >= 15 is 0 Å². The molecular formula is C28H36ClFN4O5. The summed E-state index contributed by atoms with van der Waals surface area (Å²) in [5.74, 6) is -0.465. The third-order valence-electron chi connectivity index (χ3n) is 6.67. The molecule has 2 N–H and O–H groups in total. The Morgan fingerprint density at radius 3 is 2.49 bits per heavy atom. The first-order chi connectivity index (χ1) is 18.6. The summed E-state index contributed by atoms with van der Waals surface area (Å²) < 4.78 is 24.1. The minimum Gasteiger partial charge on any atom is -0.483 e. The van der Waals surface area contributed by atoms with Gasteiger partial charge in [0.1, 0.15) is 11.6 Å². The van der Waals surface area contributed by atoms with Crippen molar-refractivity contribution in [3.05, 3.63) is 64.4 Å². The fourth-order valence-electron chi connectivity index (χ4n) is 4.56. The summed E-state index contributed by atoms with van der Waals surface area (Å²) >= 11 is 6.18. The van der Waals surface area contributed by atoms with Crippen LogP contribution in [-0.4, -0.2) is 77.5 Å². The number of carbonyl (C=O) groups is 3. The molecule has 0 spiro atoms. The number of halogens is 2. The van der Waals surface area contributed by atoms with E-state index in [9.17, 15) is 18.8 Å². The van der Waals surface area contributed by atoms with Gasteiger partial charge in [-0.15, -0.1) is 0 Å². The van der Waals surface area contributed by atoms with E-state index in [2.05, 4.69) is 11.8 Å². The number of primary amides is 1. The van der Waals surface area contributed by atoms with Crippen LogP contribution >= 0.6 is 11.6 Å². The Bertz CT molecular complexity index is 1150. The van der Waals surface area contributed by atoms with E-state index in [1.54, 1.807) is 42.2 Å². The van der Waals surface area contributed by atoms with E-state index in [0.29, 0.717) is 36.0 Å². The monoisotopic (exact) mass is 562 g/mol. The molecule has 0 bridgehead atoms. The highest BCUT2D eigenvalue weighted by atomic mass is 35.5. The quantitative estimate of drug-likeness (QED) is 0.418. The average molecular weight is 563 g/mol. The van der Waals surface area contributed by atoms with Gasteiger partial charge in [0.05, 0.1) is 19.6 Å². The van der Waals surface area contributed by atoms with Crippen LogP contribution in [0.3, 0.4) is 0 Å². The van der Waals surface area contributed by atoms with Crippen LogP contribution in [-0.2, 0) is 27.4 Å². The van der Waals surface area contributed by atoms with E-state index in [1.807, 2.05) is 6.92 Å². The van der Waals surface area contributed by atoms with Gasteiger partial charge < -0.3 is 25.0 Å². The zero-order valence-electron chi connectivity index (χ0n) is 22.6. The number of hydrogen-bond donors (Lipinski definition) is 1. The van der Waals surface area contributed by atoms with E-state index in [1.165, 1.54) is 17.0 Å². The van der Waals surface area contributed by atoms with Gasteiger partial charge in [-0.2, -0.15) is 0 Å². The van der Waals surface area contributed by atoms with Crippen molar-refractivity contribution in [3.8, 4) is 5.75 Å². The average Bonchev–Trinajstić information content (AvgIpc) is 2.89. The summed E-state index contributed by atoms with van der Waals surface area (Å²) in [7, 11) is 0. The fourth-order valence-corrected chi connectivity index (χ4v) is 4.75. The molecule has 2 aromatic rings. The molecule has 0 aromatic heterocycles. The standard InChI is InChI=1S/C28H36ClFN4O5/c1-4-38-27(36)11-12-32(28(31)37)17-22-13-23(29)7-10-25(22)39-18-26(35)34-15-19(2)33(14-20(34)3)16-21-5-8-24(30)9-6-21/h5-10,13,19-20H,4,11-12,14-18H2,1-3H3,(H2,31,37). The number of nitrogens with two attached hydrogens (primary N) is 1. The smallest absolute Gasteiger partial charge is 0.315 e. The number of rotatable bonds is 11. The summed E-state index contributed by atoms with van der Waals surface area (Å²) in [4.78, 5) is 42.3. The normalized spacial score (nSPS) is 17.5. The molecule has 1 aliphatic rings. The number of carbonyl (C=O) groups excluding carboxylic acids is 3. The molecule has 11 heteroatoms. The third-order valence-corrected chi connectivity index (χ3v) is 6.91. The predicted molar refractivity (Wildman–Crippen MR) is 146 cm³/mol. The maximum atomic E-state index is 13.3. The summed E-state index contributed by atoms with van der Waals surface area (Å²) in [6.07, 6.45) is -0.00473. The Morgan fingerprint density at radius 1 is 1.10 bits per heavy atom. The maximum Gasteiger partial charge on any atom is 0.315 e. The van der Waals surface area contributed by atoms with Gasteiger partial charge in [0, 0.05) is 48.8 Å². The first kappa shape index (κ1) is 30.2. The molecule has 2 aromatic carbocycles. The molecule has 2 unspecified atom stereocenters. The minimum absolute atomic E-state index is 0.00473. The van der Waals surface area contributed by atoms with Gasteiger partial charge in [-0.05, 0) is 56.7 Å². The van der Waals surface area contributed by atoms with Gasteiger partial charge >= 0.3 is 12.0 Å². The van der Waals surface area contributed by atoms with Crippen LogP contribution in [0.25, 0.3) is 0 Å². The Kier molecular flexibility index (Phi) is 10.9. The molecular weight excluding hydrogens is 527 g/mol. The molecule has 2 atom stereocenters. The molecule has 39 heavy (non-hydrogen) atoms. The molecule has 3 rings (SSSR count). The molecule has 3 amide bonds. The van der Waals surface area contributed by atoms with E-state index < -0.39 is 12.0 Å². The van der Waals surface area contributed by atoms with Crippen molar-refractivity contribution in [3.63, 3.8) is 0 Å². The van der Waals surface area contributed by atoms with E-state index in [4.69, 9.17) is 26.8 Å². The molecule has 0 saturated carbocycles. The van der Waals surface area contributed by atoms with Crippen molar-refractivity contribution in [2.24, 2.45) is 5.73 Å². The van der Waals surface area contributed by atoms with Crippen molar-refractivity contribution in [2.45, 2.75) is 52.4 Å². The van der Waals surface area contributed by atoms with Crippen molar-refractivity contribution in [1.82, 2.24) is 14.7 Å². The second kappa shape index (κ2) is 14.1. The van der Waals surface area contributed by atoms with Crippen LogP contribution in [0.5, 0.6) is 5.75 Å². The zero-order chi connectivity index (χ0) is 28.5. The molecule has 212 valence electrons. The lowest BCUT2D eigenvalue weighted by Crippen LogP contribution is -2.58. The first-order valence-corrected chi connectivity index (χ1v) is 13.3. The number of esters is 1. The summed E-state index contributed by atoms with van der Waals surface area (Å²) in [6, 6.07) is 10.7. The highest BCUT2D eigenvalue weighted by Crippen LogP contribution is 2.25. The van der Waals surface area contributed by atoms with Gasteiger partial charge in [0.2, 0.25) is 0 Å². The number of urea groups is 1. The van der Waals surface area contributed by atoms with Crippen molar-refractivity contribution >= 4 is 29.5 Å². The molecule has 9 nitrogen and oxygen atoms in total. The summed E-state index contributed by atoms with van der Waals surface area (Å²) in [5, 5.41) is 0.429. The number of nitrogens with zero attached hydrogens (tertiary/aromatic N) is 3. The highest BCUT2D eigenvalue weighted by molar-refractivity contribution is 6.30.